The van der Waals surface area contributed by atoms with Gasteiger partial charge in [-0.3, -0.25) is 15.0 Å². The fraction of sp³-hybridized carbons (Fsp3) is 0.857. The molecule has 2 aliphatic heterocycles. The third-order valence-electron chi connectivity index (χ3n) is 4.14. The highest BCUT2D eigenvalue weighted by Crippen LogP contribution is 2.11. The summed E-state index contributed by atoms with van der Waals surface area (Å²) in [4.78, 5) is 25.7. The zero-order valence-corrected chi connectivity index (χ0v) is 13.7. The van der Waals surface area contributed by atoms with E-state index in [9.17, 15) is 18.0 Å². The number of nitrogens with zero attached hydrogens (tertiary/aromatic N) is 1. The Morgan fingerprint density at radius 3 is 2.27 bits per heavy atom. The number of amides is 3. The van der Waals surface area contributed by atoms with Crippen LogP contribution in [0.5, 0.6) is 0 Å². The summed E-state index contributed by atoms with van der Waals surface area (Å²) in [5.74, 6) is -0.278. The number of imide groups is 1. The van der Waals surface area contributed by atoms with Crippen LogP contribution in [0.2, 0.25) is 0 Å². The molecule has 0 spiro atoms. The number of hydrogen-bond donors (Lipinski definition) is 2. The molecule has 8 heteroatoms. The zero-order chi connectivity index (χ0) is 16.0. The summed E-state index contributed by atoms with van der Waals surface area (Å²) in [6.45, 7) is 1.99. The highest BCUT2D eigenvalue weighted by Gasteiger charge is 2.29. The highest BCUT2D eigenvalue weighted by molar-refractivity contribution is 7.91. The molecule has 1 atom stereocenters. The Morgan fingerprint density at radius 2 is 1.68 bits per heavy atom. The van der Waals surface area contributed by atoms with Crippen molar-refractivity contribution in [1.82, 2.24) is 15.5 Å². The number of likely N-dealkylation sites (tertiary alicyclic amines) is 1. The van der Waals surface area contributed by atoms with Gasteiger partial charge in [-0.25, -0.2) is 13.2 Å². The highest BCUT2D eigenvalue weighted by atomic mass is 32.2. The van der Waals surface area contributed by atoms with Crippen LogP contribution >= 0.6 is 0 Å². The molecule has 2 N–H and O–H groups in total. The Morgan fingerprint density at radius 1 is 1.05 bits per heavy atom. The lowest BCUT2D eigenvalue weighted by Crippen LogP contribution is -2.48. The molecule has 0 bridgehead atoms. The van der Waals surface area contributed by atoms with E-state index in [4.69, 9.17) is 0 Å². The minimum Gasteiger partial charge on any atom is -0.334 e. The quantitative estimate of drug-likeness (QED) is 0.774. The molecule has 3 amide bonds. The van der Waals surface area contributed by atoms with Crippen LogP contribution in [-0.2, 0) is 14.6 Å². The first-order valence-electron chi connectivity index (χ1n) is 7.98. The van der Waals surface area contributed by atoms with Gasteiger partial charge in [0.15, 0.2) is 9.84 Å². The van der Waals surface area contributed by atoms with Crippen LogP contribution in [0.4, 0.5) is 4.79 Å². The minimum atomic E-state index is -3.04. The Balaban J connectivity index is 1.70. The summed E-state index contributed by atoms with van der Waals surface area (Å²) >= 11 is 0. The normalized spacial score (nSPS) is 25.9. The van der Waals surface area contributed by atoms with Gasteiger partial charge >= 0.3 is 6.03 Å². The fourth-order valence-corrected chi connectivity index (χ4v) is 4.64. The van der Waals surface area contributed by atoms with Gasteiger partial charge in [0.2, 0.25) is 5.91 Å². The first kappa shape index (κ1) is 17.2. The van der Waals surface area contributed by atoms with Gasteiger partial charge < -0.3 is 5.32 Å². The van der Waals surface area contributed by atoms with Crippen LogP contribution in [0.15, 0.2) is 0 Å². The molecule has 126 valence electrons. The van der Waals surface area contributed by atoms with Crippen molar-refractivity contribution in [3.8, 4) is 0 Å². The molecule has 0 aromatic heterocycles. The van der Waals surface area contributed by atoms with Crippen LogP contribution in [0.3, 0.4) is 0 Å². The lowest BCUT2D eigenvalue weighted by atomic mass is 10.1. The molecule has 7 nitrogen and oxygen atoms in total. The van der Waals surface area contributed by atoms with Gasteiger partial charge in [-0.2, -0.15) is 0 Å². The second-order valence-electron chi connectivity index (χ2n) is 6.17. The number of urea groups is 1. The van der Waals surface area contributed by atoms with Crippen LogP contribution in [-0.4, -0.2) is 62.4 Å². The largest absolute Gasteiger partial charge is 0.334 e. The van der Waals surface area contributed by atoms with Crippen molar-refractivity contribution in [2.75, 3.05) is 31.1 Å². The topological polar surface area (TPSA) is 95.6 Å². The van der Waals surface area contributed by atoms with E-state index in [1.165, 1.54) is 19.3 Å². The second kappa shape index (κ2) is 7.92. The number of nitrogens with one attached hydrogen (secondary N) is 2. The second-order valence-corrected chi connectivity index (χ2v) is 8.39. The Kier molecular flexibility index (Phi) is 6.19. The summed E-state index contributed by atoms with van der Waals surface area (Å²) in [7, 11) is -3.04. The van der Waals surface area contributed by atoms with Gasteiger partial charge in [0.25, 0.3) is 0 Å². The van der Waals surface area contributed by atoms with Crippen molar-refractivity contribution in [2.24, 2.45) is 0 Å². The first-order valence-corrected chi connectivity index (χ1v) is 9.80. The van der Waals surface area contributed by atoms with Crippen LogP contribution in [0, 0.1) is 0 Å². The van der Waals surface area contributed by atoms with Crippen molar-refractivity contribution >= 4 is 21.8 Å². The first-order chi connectivity index (χ1) is 10.4. The fourth-order valence-electron chi connectivity index (χ4n) is 2.97. The van der Waals surface area contributed by atoms with Crippen molar-refractivity contribution in [3.63, 3.8) is 0 Å². The molecule has 2 rings (SSSR count). The van der Waals surface area contributed by atoms with E-state index in [-0.39, 0.29) is 30.0 Å². The van der Waals surface area contributed by atoms with Gasteiger partial charge in [0.1, 0.15) is 0 Å². The SMILES string of the molecule is O=C(CN1CCCCCCC1)NC(=O)N[C@@H]1CCS(=O)(=O)C1. The van der Waals surface area contributed by atoms with Gasteiger partial charge in [-0.15, -0.1) is 0 Å². The maximum atomic E-state index is 11.9. The smallest absolute Gasteiger partial charge is 0.321 e. The molecule has 2 aliphatic rings. The predicted molar refractivity (Wildman–Crippen MR) is 83.3 cm³/mol. The average Bonchev–Trinajstić information content (AvgIpc) is 2.71. The third-order valence-corrected chi connectivity index (χ3v) is 5.90. The predicted octanol–water partition coefficient (Wildman–Crippen LogP) is 0.265. The number of rotatable bonds is 3. The summed E-state index contributed by atoms with van der Waals surface area (Å²) in [5, 5.41) is 4.85. The number of hydrogen-bond acceptors (Lipinski definition) is 5. The monoisotopic (exact) mass is 331 g/mol. The zero-order valence-electron chi connectivity index (χ0n) is 12.8. The van der Waals surface area contributed by atoms with Crippen LogP contribution in [0.25, 0.3) is 0 Å². The van der Waals surface area contributed by atoms with Crippen molar-refractivity contribution in [1.29, 1.82) is 0 Å². The van der Waals surface area contributed by atoms with Crippen molar-refractivity contribution in [3.05, 3.63) is 0 Å². The van der Waals surface area contributed by atoms with E-state index in [2.05, 4.69) is 15.5 Å². The summed E-state index contributed by atoms with van der Waals surface area (Å²) in [5.41, 5.74) is 0. The summed E-state index contributed by atoms with van der Waals surface area (Å²) in [6.07, 6.45) is 6.21. The van der Waals surface area contributed by atoms with E-state index in [0.717, 1.165) is 25.9 Å². The molecule has 0 radical (unpaired) electrons. The molecule has 0 aliphatic carbocycles. The van der Waals surface area contributed by atoms with E-state index in [0.29, 0.717) is 6.42 Å². The molecule has 2 fully saturated rings. The number of sulfone groups is 1. The average molecular weight is 331 g/mol. The number of carbonyl (C=O) groups is 2. The van der Waals surface area contributed by atoms with Crippen LogP contribution < -0.4 is 10.6 Å². The Labute approximate surface area is 131 Å². The summed E-state index contributed by atoms with van der Waals surface area (Å²) < 4.78 is 22.6. The van der Waals surface area contributed by atoms with Gasteiger partial charge in [-0.1, -0.05) is 19.3 Å². The molecule has 22 heavy (non-hydrogen) atoms. The Bertz CT molecular complexity index is 498. The molecule has 2 saturated heterocycles. The maximum absolute atomic E-state index is 11.9. The molecule has 0 unspecified atom stereocenters. The standard InChI is InChI=1S/C14H25N3O4S/c18-13(10-17-7-4-2-1-3-5-8-17)16-14(19)15-12-6-9-22(20,21)11-12/h12H,1-11H2,(H2,15,16,18,19)/t12-/m1/s1. The lowest BCUT2D eigenvalue weighted by Gasteiger charge is -2.23. The van der Waals surface area contributed by atoms with Crippen molar-refractivity contribution < 1.29 is 18.0 Å². The molecule has 0 saturated carbocycles. The number of carbonyl (C=O) groups excluding carboxylic acids is 2. The molecule has 0 aromatic rings. The van der Waals surface area contributed by atoms with Crippen LogP contribution in [0.1, 0.15) is 38.5 Å². The minimum absolute atomic E-state index is 0.0409. The molecular formula is C14H25N3O4S. The van der Waals surface area contributed by atoms with Gasteiger partial charge in [-0.05, 0) is 32.4 Å². The van der Waals surface area contributed by atoms with E-state index < -0.39 is 15.9 Å². The van der Waals surface area contributed by atoms with Gasteiger partial charge in [0, 0.05) is 6.04 Å². The van der Waals surface area contributed by atoms with Gasteiger partial charge in [0.05, 0.1) is 18.1 Å². The molecule has 0 aromatic carbocycles. The van der Waals surface area contributed by atoms with Crippen molar-refractivity contribution in [2.45, 2.75) is 44.6 Å². The summed E-state index contributed by atoms with van der Waals surface area (Å²) in [6, 6.07) is -0.987. The van der Waals surface area contributed by atoms with E-state index in [1.54, 1.807) is 0 Å². The molecular weight excluding hydrogens is 306 g/mol. The lowest BCUT2D eigenvalue weighted by molar-refractivity contribution is -0.121. The third kappa shape index (κ3) is 5.92. The maximum Gasteiger partial charge on any atom is 0.321 e. The Hall–Kier alpha value is -1.15. The molecule has 2 heterocycles. The van der Waals surface area contributed by atoms with E-state index >= 15 is 0 Å². The van der Waals surface area contributed by atoms with E-state index in [1.807, 2.05) is 0 Å².